The summed E-state index contributed by atoms with van der Waals surface area (Å²) < 4.78 is 7.93. The normalized spacial score (nSPS) is 12.9. The standard InChI is InChI=1S/C26H32N4O4/c1-16-7-8-20(30-11-10-29-15-30)14-21(16)24(34-26(33)22(28)6-4-5-9-27)23-17(2)12-19(25(31)32)13-18(23)3/h7-8,10-15,22,24H,4-6,9,27-28H2,1-3H3,(H,31,32)/t22-,24?/m0/s1. The first-order valence-corrected chi connectivity index (χ1v) is 11.3. The maximum Gasteiger partial charge on any atom is 0.335 e. The van der Waals surface area contributed by atoms with E-state index < -0.39 is 24.1 Å². The monoisotopic (exact) mass is 464 g/mol. The molecule has 0 aliphatic heterocycles. The van der Waals surface area contributed by atoms with Crippen LogP contribution in [0, 0.1) is 20.8 Å². The summed E-state index contributed by atoms with van der Waals surface area (Å²) in [5.74, 6) is -1.51. The Bertz CT molecular complexity index is 1130. The van der Waals surface area contributed by atoms with Gasteiger partial charge < -0.3 is 25.9 Å². The number of hydrogen-bond donors (Lipinski definition) is 3. The molecule has 0 fully saturated rings. The molecule has 8 nitrogen and oxygen atoms in total. The van der Waals surface area contributed by atoms with Gasteiger partial charge in [-0.1, -0.05) is 12.5 Å². The molecule has 0 saturated heterocycles. The van der Waals surface area contributed by atoms with Crippen LogP contribution in [-0.4, -0.2) is 39.2 Å². The Morgan fingerprint density at radius 2 is 1.79 bits per heavy atom. The van der Waals surface area contributed by atoms with Crippen LogP contribution in [-0.2, 0) is 9.53 Å². The van der Waals surface area contributed by atoms with Gasteiger partial charge >= 0.3 is 11.9 Å². The zero-order valence-electron chi connectivity index (χ0n) is 19.8. The zero-order chi connectivity index (χ0) is 24.8. The molecule has 5 N–H and O–H groups in total. The Balaban J connectivity index is 2.08. The summed E-state index contributed by atoms with van der Waals surface area (Å²) in [4.78, 5) is 28.7. The summed E-state index contributed by atoms with van der Waals surface area (Å²) in [6.45, 7) is 6.14. The number of nitrogens with two attached hydrogens (primary N) is 2. The minimum absolute atomic E-state index is 0.186. The van der Waals surface area contributed by atoms with Gasteiger partial charge in [-0.3, -0.25) is 4.79 Å². The number of imidazole rings is 1. The summed E-state index contributed by atoms with van der Waals surface area (Å²) in [6, 6.07) is 8.31. The molecule has 0 saturated carbocycles. The molecule has 0 radical (unpaired) electrons. The molecule has 0 amide bonds. The molecular formula is C26H32N4O4. The first kappa shape index (κ1) is 25.1. The molecule has 180 valence electrons. The van der Waals surface area contributed by atoms with Gasteiger partial charge in [-0.2, -0.15) is 0 Å². The summed E-state index contributed by atoms with van der Waals surface area (Å²) in [7, 11) is 0. The van der Waals surface area contributed by atoms with Gasteiger partial charge in [0.05, 0.1) is 11.9 Å². The number of ether oxygens (including phenoxy) is 1. The van der Waals surface area contributed by atoms with Crippen molar-refractivity contribution < 1.29 is 19.4 Å². The second-order valence-corrected chi connectivity index (χ2v) is 8.55. The van der Waals surface area contributed by atoms with Crippen molar-refractivity contribution in [2.75, 3.05) is 6.54 Å². The van der Waals surface area contributed by atoms with Gasteiger partial charge in [-0.05, 0) is 81.1 Å². The van der Waals surface area contributed by atoms with E-state index in [1.54, 1.807) is 24.7 Å². The average Bonchev–Trinajstić information content (AvgIpc) is 3.33. The van der Waals surface area contributed by atoms with Crippen molar-refractivity contribution >= 4 is 11.9 Å². The van der Waals surface area contributed by atoms with E-state index in [1.807, 2.05) is 49.7 Å². The lowest BCUT2D eigenvalue weighted by atomic mass is 9.89. The van der Waals surface area contributed by atoms with Gasteiger partial charge in [-0.15, -0.1) is 0 Å². The number of nitrogens with zero attached hydrogens (tertiary/aromatic N) is 2. The molecule has 8 heteroatoms. The van der Waals surface area contributed by atoms with E-state index in [4.69, 9.17) is 16.2 Å². The van der Waals surface area contributed by atoms with E-state index in [2.05, 4.69) is 4.98 Å². The number of carbonyl (C=O) groups excluding carboxylic acids is 1. The maximum absolute atomic E-state index is 13.0. The Morgan fingerprint density at radius 3 is 2.38 bits per heavy atom. The summed E-state index contributed by atoms with van der Waals surface area (Å²) >= 11 is 0. The molecule has 2 atom stereocenters. The van der Waals surface area contributed by atoms with Crippen molar-refractivity contribution in [1.82, 2.24) is 9.55 Å². The molecular weight excluding hydrogens is 432 g/mol. The summed E-state index contributed by atoms with van der Waals surface area (Å²) in [5, 5.41) is 9.47. The largest absolute Gasteiger partial charge is 0.478 e. The minimum Gasteiger partial charge on any atom is -0.478 e. The number of esters is 1. The quantitative estimate of drug-likeness (QED) is 0.308. The van der Waals surface area contributed by atoms with Crippen molar-refractivity contribution in [2.24, 2.45) is 11.5 Å². The minimum atomic E-state index is -1.01. The van der Waals surface area contributed by atoms with Crippen molar-refractivity contribution in [3.63, 3.8) is 0 Å². The van der Waals surface area contributed by atoms with Gasteiger partial charge in [0, 0.05) is 29.2 Å². The molecule has 1 aromatic heterocycles. The number of hydrogen-bond acceptors (Lipinski definition) is 6. The second-order valence-electron chi connectivity index (χ2n) is 8.55. The number of carbonyl (C=O) groups is 2. The van der Waals surface area contributed by atoms with Crippen LogP contribution >= 0.6 is 0 Å². The smallest absolute Gasteiger partial charge is 0.335 e. The van der Waals surface area contributed by atoms with E-state index in [9.17, 15) is 14.7 Å². The van der Waals surface area contributed by atoms with Crippen LogP contribution < -0.4 is 11.5 Å². The van der Waals surface area contributed by atoms with E-state index in [0.29, 0.717) is 13.0 Å². The summed E-state index contributed by atoms with van der Waals surface area (Å²) in [5.41, 5.74) is 16.7. The first-order valence-electron chi connectivity index (χ1n) is 11.3. The topological polar surface area (TPSA) is 133 Å². The van der Waals surface area contributed by atoms with E-state index in [-0.39, 0.29) is 5.56 Å². The Kier molecular flexibility index (Phi) is 8.20. The van der Waals surface area contributed by atoms with Crippen LogP contribution in [0.3, 0.4) is 0 Å². The molecule has 0 spiro atoms. The third-order valence-electron chi connectivity index (χ3n) is 5.96. The van der Waals surface area contributed by atoms with E-state index in [0.717, 1.165) is 46.3 Å². The number of carboxylic acid groups (broad SMARTS) is 1. The first-order chi connectivity index (χ1) is 16.2. The van der Waals surface area contributed by atoms with Crippen molar-refractivity contribution in [1.29, 1.82) is 0 Å². The predicted molar refractivity (Wildman–Crippen MR) is 130 cm³/mol. The lowest BCUT2D eigenvalue weighted by Gasteiger charge is -2.26. The molecule has 0 bridgehead atoms. The molecule has 0 aliphatic carbocycles. The molecule has 34 heavy (non-hydrogen) atoms. The fraction of sp³-hybridized carbons (Fsp3) is 0.346. The predicted octanol–water partition coefficient (Wildman–Crippen LogP) is 3.58. The number of aromatic nitrogens is 2. The van der Waals surface area contributed by atoms with Crippen molar-refractivity contribution in [3.05, 3.63) is 82.4 Å². The molecule has 0 aliphatic rings. The number of unbranched alkanes of at least 4 members (excludes halogenated alkanes) is 1. The fourth-order valence-corrected chi connectivity index (χ4v) is 4.10. The number of carboxylic acids is 1. The fourth-order valence-electron chi connectivity index (χ4n) is 4.10. The van der Waals surface area contributed by atoms with Crippen LogP contribution in [0.4, 0.5) is 0 Å². The Labute approximate surface area is 199 Å². The lowest BCUT2D eigenvalue weighted by molar-refractivity contribution is -0.149. The number of aryl methyl sites for hydroxylation is 3. The van der Waals surface area contributed by atoms with E-state index in [1.165, 1.54) is 0 Å². The third kappa shape index (κ3) is 5.70. The van der Waals surface area contributed by atoms with Gasteiger partial charge in [0.25, 0.3) is 0 Å². The zero-order valence-corrected chi connectivity index (χ0v) is 19.8. The van der Waals surface area contributed by atoms with Gasteiger partial charge in [0.1, 0.15) is 6.04 Å². The van der Waals surface area contributed by atoms with Crippen LogP contribution in [0.25, 0.3) is 5.69 Å². The van der Waals surface area contributed by atoms with Crippen molar-refractivity contribution in [3.8, 4) is 5.69 Å². The highest BCUT2D eigenvalue weighted by atomic mass is 16.5. The van der Waals surface area contributed by atoms with Gasteiger partial charge in [0.15, 0.2) is 6.10 Å². The van der Waals surface area contributed by atoms with Crippen LogP contribution in [0.15, 0.2) is 49.1 Å². The van der Waals surface area contributed by atoms with Crippen LogP contribution in [0.1, 0.15) is 63.5 Å². The maximum atomic E-state index is 13.0. The molecule has 3 aromatic rings. The summed E-state index contributed by atoms with van der Waals surface area (Å²) in [6.07, 6.45) is 6.47. The average molecular weight is 465 g/mol. The SMILES string of the molecule is Cc1ccc(-n2ccnc2)cc1C(OC(=O)[C@@H](N)CCCCN)c1c(C)cc(C(=O)O)cc1C. The molecule has 1 unspecified atom stereocenters. The highest BCUT2D eigenvalue weighted by Crippen LogP contribution is 2.35. The number of aromatic carboxylic acids is 1. The Hall–Kier alpha value is -3.49. The van der Waals surface area contributed by atoms with Crippen LogP contribution in [0.5, 0.6) is 0 Å². The van der Waals surface area contributed by atoms with Gasteiger partial charge in [0.2, 0.25) is 0 Å². The molecule has 1 heterocycles. The van der Waals surface area contributed by atoms with E-state index >= 15 is 0 Å². The number of rotatable bonds is 10. The third-order valence-corrected chi connectivity index (χ3v) is 5.96. The second kappa shape index (κ2) is 11.1. The molecule has 2 aromatic carbocycles. The Morgan fingerprint density at radius 1 is 1.09 bits per heavy atom. The number of benzene rings is 2. The van der Waals surface area contributed by atoms with Gasteiger partial charge in [-0.25, -0.2) is 9.78 Å². The molecule has 3 rings (SSSR count). The highest BCUT2D eigenvalue weighted by Gasteiger charge is 2.28. The highest BCUT2D eigenvalue weighted by molar-refractivity contribution is 5.88. The van der Waals surface area contributed by atoms with Crippen molar-refractivity contribution in [2.45, 2.75) is 52.2 Å². The lowest BCUT2D eigenvalue weighted by Crippen LogP contribution is -2.34. The van der Waals surface area contributed by atoms with Crippen LogP contribution in [0.2, 0.25) is 0 Å².